The smallest absolute Gasteiger partial charge is 0.333 e. The van der Waals surface area contributed by atoms with Gasteiger partial charge in [-0.3, -0.25) is 0 Å². The van der Waals surface area contributed by atoms with Crippen molar-refractivity contribution in [2.75, 3.05) is 0 Å². The van der Waals surface area contributed by atoms with Crippen LogP contribution in [0.4, 0.5) is 17.6 Å². The Balaban J connectivity index is 2.61. The van der Waals surface area contributed by atoms with Gasteiger partial charge in [0.1, 0.15) is 16.2 Å². The molecule has 2 nitrogen and oxygen atoms in total. The van der Waals surface area contributed by atoms with E-state index in [2.05, 4.69) is 20.9 Å². The van der Waals surface area contributed by atoms with Crippen molar-refractivity contribution < 1.29 is 17.6 Å². The van der Waals surface area contributed by atoms with Crippen molar-refractivity contribution in [1.82, 2.24) is 9.97 Å². The van der Waals surface area contributed by atoms with Crippen LogP contribution in [0.1, 0.15) is 5.69 Å². The van der Waals surface area contributed by atoms with Crippen LogP contribution in [0.5, 0.6) is 0 Å². The number of aromatic amines is 1. The molecule has 1 aromatic heterocycles. The first-order valence-corrected chi connectivity index (χ1v) is 6.22. The number of hydrogen-bond donors (Lipinski definition) is 1. The van der Waals surface area contributed by atoms with Gasteiger partial charge in [-0.05, 0) is 28.1 Å². The van der Waals surface area contributed by atoms with Gasteiger partial charge in [0.25, 0.3) is 0 Å². The molecule has 0 atom stereocenters. The van der Waals surface area contributed by atoms with Crippen molar-refractivity contribution in [1.29, 1.82) is 0 Å². The first kappa shape index (κ1) is 14.6. The molecule has 0 amide bonds. The highest BCUT2D eigenvalue weighted by Gasteiger charge is 2.36. The summed E-state index contributed by atoms with van der Waals surface area (Å²) in [5.74, 6) is -1.20. The number of nitrogens with one attached hydrogen (secondary N) is 1. The molecule has 1 aromatic carbocycles. The maximum absolute atomic E-state index is 13.7. The van der Waals surface area contributed by atoms with Gasteiger partial charge in [0, 0.05) is 5.02 Å². The Morgan fingerprint density at radius 1 is 1.21 bits per heavy atom. The summed E-state index contributed by atoms with van der Waals surface area (Å²) < 4.78 is 51.0. The van der Waals surface area contributed by atoms with Gasteiger partial charge >= 0.3 is 6.18 Å². The molecule has 0 saturated carbocycles. The highest BCUT2D eigenvalue weighted by atomic mass is 79.9. The number of aromatic nitrogens is 2. The standard InChI is InChI=1S/C10H3BrCl2F4N2/c11-8-7(10(15,16)17)18-9(19-8)6-4(13)1-3(12)2-5(6)14/h1-2H,(H,18,19). The van der Waals surface area contributed by atoms with Crippen LogP contribution in [0.25, 0.3) is 11.4 Å². The largest absolute Gasteiger partial charge is 0.433 e. The summed E-state index contributed by atoms with van der Waals surface area (Å²) in [5, 5.41) is -0.104. The maximum atomic E-state index is 13.7. The van der Waals surface area contributed by atoms with Crippen LogP contribution in [-0.4, -0.2) is 9.97 Å². The van der Waals surface area contributed by atoms with Gasteiger partial charge < -0.3 is 4.98 Å². The van der Waals surface area contributed by atoms with E-state index >= 15 is 0 Å². The highest BCUT2D eigenvalue weighted by molar-refractivity contribution is 9.10. The molecule has 0 aliphatic carbocycles. The van der Waals surface area contributed by atoms with Crippen molar-refractivity contribution in [2.24, 2.45) is 0 Å². The second-order valence-electron chi connectivity index (χ2n) is 3.49. The second-order valence-corrected chi connectivity index (χ2v) is 5.09. The predicted octanol–water partition coefficient (Wildman–Crippen LogP) is 5.30. The number of halogens is 7. The summed E-state index contributed by atoms with van der Waals surface area (Å²) in [6.07, 6.45) is -4.64. The Hall–Kier alpha value is -0.790. The van der Waals surface area contributed by atoms with Crippen LogP contribution < -0.4 is 0 Å². The van der Waals surface area contributed by atoms with Crippen LogP contribution in [0.15, 0.2) is 16.7 Å². The minimum Gasteiger partial charge on any atom is -0.333 e. The minimum atomic E-state index is -4.64. The molecule has 1 N–H and O–H groups in total. The zero-order valence-corrected chi connectivity index (χ0v) is 11.8. The van der Waals surface area contributed by atoms with E-state index < -0.39 is 22.3 Å². The summed E-state index contributed by atoms with van der Waals surface area (Å²) in [7, 11) is 0. The van der Waals surface area contributed by atoms with Crippen LogP contribution in [-0.2, 0) is 6.18 Å². The number of alkyl halides is 3. The van der Waals surface area contributed by atoms with Gasteiger partial charge in [0.05, 0.1) is 10.6 Å². The Bertz CT molecular complexity index is 616. The van der Waals surface area contributed by atoms with Gasteiger partial charge in [0.2, 0.25) is 0 Å². The van der Waals surface area contributed by atoms with E-state index in [0.29, 0.717) is 0 Å². The fourth-order valence-electron chi connectivity index (χ4n) is 1.43. The van der Waals surface area contributed by atoms with E-state index in [4.69, 9.17) is 23.2 Å². The van der Waals surface area contributed by atoms with E-state index in [1.807, 2.05) is 4.98 Å². The molecular formula is C10H3BrCl2F4N2. The highest BCUT2D eigenvalue weighted by Crippen LogP contribution is 2.37. The molecule has 0 bridgehead atoms. The van der Waals surface area contributed by atoms with E-state index in [9.17, 15) is 17.6 Å². The van der Waals surface area contributed by atoms with Crippen molar-refractivity contribution in [3.05, 3.63) is 38.3 Å². The van der Waals surface area contributed by atoms with Crippen molar-refractivity contribution in [3.8, 4) is 11.4 Å². The molecule has 0 aliphatic heterocycles. The second kappa shape index (κ2) is 4.96. The number of hydrogen-bond acceptors (Lipinski definition) is 1. The monoisotopic (exact) mass is 376 g/mol. The summed E-state index contributed by atoms with van der Waals surface area (Å²) in [4.78, 5) is 5.56. The lowest BCUT2D eigenvalue weighted by molar-refractivity contribution is -0.141. The molecule has 0 spiro atoms. The van der Waals surface area contributed by atoms with Crippen molar-refractivity contribution in [2.45, 2.75) is 6.18 Å². The van der Waals surface area contributed by atoms with Crippen molar-refractivity contribution >= 4 is 39.1 Å². The fourth-order valence-corrected chi connectivity index (χ4v) is 2.49. The van der Waals surface area contributed by atoms with Gasteiger partial charge in [0.15, 0.2) is 5.69 Å². The molecular weight excluding hydrogens is 375 g/mol. The minimum absolute atomic E-state index is 0.0351. The molecule has 1 heterocycles. The van der Waals surface area contributed by atoms with Crippen LogP contribution in [0, 0.1) is 5.82 Å². The quantitative estimate of drug-likeness (QED) is 0.671. The summed E-state index contributed by atoms with van der Waals surface area (Å²) in [6.45, 7) is 0. The Labute approximate surface area is 122 Å². The molecule has 2 aromatic rings. The van der Waals surface area contributed by atoms with E-state index in [-0.39, 0.29) is 21.4 Å². The number of H-pyrrole nitrogens is 1. The first-order valence-electron chi connectivity index (χ1n) is 4.67. The zero-order chi connectivity index (χ0) is 14.4. The molecule has 0 aliphatic rings. The third-order valence-electron chi connectivity index (χ3n) is 2.19. The zero-order valence-electron chi connectivity index (χ0n) is 8.75. The Morgan fingerprint density at radius 2 is 1.84 bits per heavy atom. The number of imidazole rings is 1. The maximum Gasteiger partial charge on any atom is 0.433 e. The molecule has 19 heavy (non-hydrogen) atoms. The summed E-state index contributed by atoms with van der Waals surface area (Å²) >= 11 is 14.0. The van der Waals surface area contributed by atoms with Crippen molar-refractivity contribution in [3.63, 3.8) is 0 Å². The molecule has 0 fully saturated rings. The van der Waals surface area contributed by atoms with Crippen LogP contribution in [0.2, 0.25) is 10.0 Å². The lowest BCUT2D eigenvalue weighted by atomic mass is 10.2. The van der Waals surface area contributed by atoms with Crippen LogP contribution in [0.3, 0.4) is 0 Å². The van der Waals surface area contributed by atoms with Gasteiger partial charge in [-0.15, -0.1) is 0 Å². The Kier molecular flexibility index (Phi) is 3.81. The lowest BCUT2D eigenvalue weighted by Crippen LogP contribution is -2.06. The molecule has 102 valence electrons. The molecule has 0 saturated heterocycles. The summed E-state index contributed by atoms with van der Waals surface area (Å²) in [5.41, 5.74) is -1.39. The third-order valence-corrected chi connectivity index (χ3v) is 3.28. The molecule has 0 unspecified atom stereocenters. The number of rotatable bonds is 1. The fraction of sp³-hybridized carbons (Fsp3) is 0.100. The summed E-state index contributed by atoms with van der Waals surface area (Å²) in [6, 6.07) is 2.15. The van der Waals surface area contributed by atoms with E-state index in [0.717, 1.165) is 6.07 Å². The molecule has 2 rings (SSSR count). The van der Waals surface area contributed by atoms with Gasteiger partial charge in [-0.1, -0.05) is 23.2 Å². The average Bonchev–Trinajstić information content (AvgIpc) is 2.57. The SMILES string of the molecule is Fc1cc(Cl)cc(Cl)c1-c1nc(Br)c(C(F)(F)F)[nH]1. The number of nitrogens with zero attached hydrogens (tertiary/aromatic N) is 1. The van der Waals surface area contributed by atoms with E-state index in [1.54, 1.807) is 0 Å². The average molecular weight is 378 g/mol. The van der Waals surface area contributed by atoms with Gasteiger partial charge in [-0.25, -0.2) is 9.37 Å². The number of benzene rings is 1. The van der Waals surface area contributed by atoms with E-state index in [1.165, 1.54) is 6.07 Å². The van der Waals surface area contributed by atoms with Gasteiger partial charge in [-0.2, -0.15) is 13.2 Å². The Morgan fingerprint density at radius 3 is 2.32 bits per heavy atom. The normalized spacial score (nSPS) is 11.9. The lowest BCUT2D eigenvalue weighted by Gasteiger charge is -2.04. The third kappa shape index (κ3) is 2.88. The van der Waals surface area contributed by atoms with Crippen LogP contribution >= 0.6 is 39.1 Å². The predicted molar refractivity (Wildman–Crippen MR) is 66.7 cm³/mol. The first-order chi connectivity index (χ1) is 8.70. The molecule has 0 radical (unpaired) electrons. The topological polar surface area (TPSA) is 28.7 Å². The molecule has 9 heteroatoms.